The van der Waals surface area contributed by atoms with Crippen molar-refractivity contribution in [2.45, 2.75) is 12.5 Å². The van der Waals surface area contributed by atoms with E-state index >= 15 is 0 Å². The highest BCUT2D eigenvalue weighted by molar-refractivity contribution is 6.09. The predicted molar refractivity (Wildman–Crippen MR) is 159 cm³/mol. The maximum atomic E-state index is 13.3. The molecule has 3 aromatic carbocycles. The lowest BCUT2D eigenvalue weighted by molar-refractivity contribution is -0.115. The topological polar surface area (TPSA) is 49.6 Å². The van der Waals surface area contributed by atoms with Crippen LogP contribution in [0.15, 0.2) is 108 Å². The van der Waals surface area contributed by atoms with E-state index in [0.717, 1.165) is 39.2 Å². The zero-order chi connectivity index (χ0) is 26.4. The highest BCUT2D eigenvalue weighted by atomic mass is 16.1. The maximum absolute atomic E-state index is 13.3. The molecule has 4 rings (SSSR count). The van der Waals surface area contributed by atoms with Crippen molar-refractivity contribution in [2.24, 2.45) is 5.73 Å². The fourth-order valence-electron chi connectivity index (χ4n) is 4.36. The second kappa shape index (κ2) is 11.7. The van der Waals surface area contributed by atoms with Crippen LogP contribution in [0.5, 0.6) is 0 Å². The first-order valence-electron chi connectivity index (χ1n) is 12.5. The minimum absolute atomic E-state index is 0.0598. The van der Waals surface area contributed by atoms with Crippen LogP contribution in [0, 0.1) is 0 Å². The van der Waals surface area contributed by atoms with Crippen LogP contribution in [0.25, 0.3) is 18.2 Å². The van der Waals surface area contributed by atoms with Gasteiger partial charge in [-0.3, -0.25) is 4.79 Å². The third kappa shape index (κ3) is 6.54. The molecule has 188 valence electrons. The van der Waals surface area contributed by atoms with Crippen LogP contribution in [0.2, 0.25) is 0 Å². The van der Waals surface area contributed by atoms with E-state index in [2.05, 4.69) is 70.5 Å². The maximum Gasteiger partial charge on any atom is 0.165 e. The molecule has 1 fully saturated rings. The van der Waals surface area contributed by atoms with Crippen LogP contribution in [0.4, 0.5) is 11.4 Å². The fourth-order valence-corrected chi connectivity index (χ4v) is 4.36. The molecule has 1 aliphatic rings. The zero-order valence-electron chi connectivity index (χ0n) is 22.1. The number of nitrogens with two attached hydrogens (primary N) is 1. The van der Waals surface area contributed by atoms with Gasteiger partial charge in [0.25, 0.3) is 0 Å². The number of anilines is 2. The average molecular weight is 490 g/mol. The number of ketones is 1. The van der Waals surface area contributed by atoms with Crippen LogP contribution in [0.1, 0.15) is 23.1 Å². The molecule has 0 aromatic heterocycles. The Balaban J connectivity index is 1.80. The highest BCUT2D eigenvalue weighted by Crippen LogP contribution is 2.34. The third-order valence-corrected chi connectivity index (χ3v) is 6.51. The quantitative estimate of drug-likeness (QED) is 0.417. The van der Waals surface area contributed by atoms with Gasteiger partial charge in [-0.1, -0.05) is 72.8 Å². The molecular weight excluding hydrogens is 454 g/mol. The molecule has 0 radical (unpaired) electrons. The van der Waals surface area contributed by atoms with Crippen LogP contribution >= 0.6 is 0 Å². The third-order valence-electron chi connectivity index (χ3n) is 6.51. The van der Waals surface area contributed by atoms with Crippen LogP contribution in [-0.2, 0) is 4.79 Å². The van der Waals surface area contributed by atoms with E-state index in [4.69, 9.17) is 5.73 Å². The Labute approximate surface area is 220 Å². The Hall–Kier alpha value is -4.15. The first kappa shape index (κ1) is 25.9. The number of carbonyl (C=O) groups is 1. The molecule has 4 heteroatoms. The number of Topliss-reactive ketones (excluding diaryl/α,β-unsaturated/α-hetero) is 1. The summed E-state index contributed by atoms with van der Waals surface area (Å²) in [6, 6.07) is 26.3. The van der Waals surface area contributed by atoms with Crippen molar-refractivity contribution >= 4 is 35.4 Å². The van der Waals surface area contributed by atoms with E-state index in [9.17, 15) is 4.79 Å². The van der Waals surface area contributed by atoms with Crippen molar-refractivity contribution in [1.29, 1.82) is 0 Å². The first-order valence-corrected chi connectivity index (χ1v) is 12.5. The molecule has 0 saturated heterocycles. The summed E-state index contributed by atoms with van der Waals surface area (Å²) in [5.74, 6) is 0.0598. The molecule has 2 N–H and O–H groups in total. The van der Waals surface area contributed by atoms with Gasteiger partial charge in [-0.25, -0.2) is 0 Å². The minimum atomic E-state index is -0.367. The summed E-state index contributed by atoms with van der Waals surface area (Å²) in [7, 11) is 8.08. The Morgan fingerprint density at radius 1 is 0.703 bits per heavy atom. The van der Waals surface area contributed by atoms with E-state index in [0.29, 0.717) is 5.57 Å². The van der Waals surface area contributed by atoms with Crippen molar-refractivity contribution in [3.05, 3.63) is 124 Å². The van der Waals surface area contributed by atoms with Crippen molar-refractivity contribution in [3.63, 3.8) is 0 Å². The average Bonchev–Trinajstić information content (AvgIpc) is 2.89. The molecule has 3 aromatic rings. The molecule has 0 heterocycles. The molecule has 1 saturated carbocycles. The van der Waals surface area contributed by atoms with Crippen molar-refractivity contribution in [1.82, 2.24) is 0 Å². The minimum Gasteiger partial charge on any atom is -0.378 e. The standard InChI is InChI=1S/C33H35N3O/c1-35(2)27-17-13-25(14-18-27)21-30-29(12-8-11-24-9-6-5-7-10-24)32(34)23-33(37)31(30)22-26-15-19-28(20-16-26)36(3)4/h5-22,32H,23,34H2,1-4H3. The molecule has 1 atom stereocenters. The number of allylic oxidation sites excluding steroid dienone is 3. The Kier molecular flexibility index (Phi) is 8.22. The monoisotopic (exact) mass is 489 g/mol. The first-order chi connectivity index (χ1) is 17.8. The highest BCUT2D eigenvalue weighted by Gasteiger charge is 2.29. The van der Waals surface area contributed by atoms with Crippen molar-refractivity contribution < 1.29 is 4.79 Å². The number of hydrogen-bond acceptors (Lipinski definition) is 4. The van der Waals surface area contributed by atoms with Gasteiger partial charge >= 0.3 is 0 Å². The van der Waals surface area contributed by atoms with Gasteiger partial charge in [0.1, 0.15) is 0 Å². The van der Waals surface area contributed by atoms with Crippen molar-refractivity contribution in [3.8, 4) is 0 Å². The zero-order valence-corrected chi connectivity index (χ0v) is 22.1. The van der Waals surface area contributed by atoms with Gasteiger partial charge in [0, 0.05) is 57.6 Å². The normalized spacial score (nSPS) is 19.2. The predicted octanol–water partition coefficient (Wildman–Crippen LogP) is 6.23. The second-order valence-corrected chi connectivity index (χ2v) is 9.71. The number of nitrogens with zero attached hydrogens (tertiary/aromatic N) is 2. The molecule has 37 heavy (non-hydrogen) atoms. The second-order valence-electron chi connectivity index (χ2n) is 9.71. The van der Waals surface area contributed by atoms with Gasteiger partial charge in [-0.2, -0.15) is 0 Å². The van der Waals surface area contributed by atoms with Gasteiger partial charge in [0.2, 0.25) is 0 Å². The largest absolute Gasteiger partial charge is 0.378 e. The molecule has 1 unspecified atom stereocenters. The summed E-state index contributed by atoms with van der Waals surface area (Å²) in [5.41, 5.74) is 14.4. The smallest absolute Gasteiger partial charge is 0.165 e. The molecular formula is C33H35N3O. The Bertz CT molecular complexity index is 1340. The SMILES string of the molecule is CN(C)c1ccc(C=C2C(=O)CC(N)C(=CC=Cc3ccccc3)C2=Cc2ccc(N(C)C)cc2)cc1. The summed E-state index contributed by atoms with van der Waals surface area (Å²) in [4.78, 5) is 17.4. The van der Waals surface area contributed by atoms with Crippen molar-refractivity contribution in [2.75, 3.05) is 38.0 Å². The van der Waals surface area contributed by atoms with Gasteiger partial charge < -0.3 is 15.5 Å². The summed E-state index contributed by atoms with van der Waals surface area (Å²) < 4.78 is 0. The van der Waals surface area contributed by atoms with Crippen LogP contribution in [0.3, 0.4) is 0 Å². The van der Waals surface area contributed by atoms with E-state index in [1.165, 1.54) is 0 Å². The Morgan fingerprint density at radius 3 is 1.73 bits per heavy atom. The molecule has 1 aliphatic carbocycles. The lowest BCUT2D eigenvalue weighted by Crippen LogP contribution is -2.33. The number of hydrogen-bond donors (Lipinski definition) is 1. The molecule has 4 nitrogen and oxygen atoms in total. The van der Waals surface area contributed by atoms with Gasteiger partial charge in [0.05, 0.1) is 0 Å². The van der Waals surface area contributed by atoms with E-state index in [1.54, 1.807) is 0 Å². The fraction of sp³-hybridized carbons (Fsp3) is 0.182. The van der Waals surface area contributed by atoms with Gasteiger partial charge in [0.15, 0.2) is 5.78 Å². The summed E-state index contributed by atoms with van der Waals surface area (Å²) in [6.07, 6.45) is 10.5. The number of benzene rings is 3. The summed E-state index contributed by atoms with van der Waals surface area (Å²) in [6.45, 7) is 0. The van der Waals surface area contributed by atoms with Crippen LogP contribution in [-0.4, -0.2) is 40.0 Å². The number of rotatable bonds is 6. The summed E-state index contributed by atoms with van der Waals surface area (Å²) >= 11 is 0. The molecule has 0 spiro atoms. The van der Waals surface area contributed by atoms with E-state index in [-0.39, 0.29) is 18.2 Å². The number of carbonyl (C=O) groups excluding carboxylic acids is 1. The van der Waals surface area contributed by atoms with E-state index in [1.807, 2.05) is 76.8 Å². The molecule has 0 amide bonds. The lowest BCUT2D eigenvalue weighted by atomic mass is 9.79. The van der Waals surface area contributed by atoms with Crippen LogP contribution < -0.4 is 15.5 Å². The molecule has 0 bridgehead atoms. The lowest BCUT2D eigenvalue weighted by Gasteiger charge is -2.27. The molecule has 0 aliphatic heterocycles. The van der Waals surface area contributed by atoms with Gasteiger partial charge in [-0.15, -0.1) is 0 Å². The van der Waals surface area contributed by atoms with E-state index < -0.39 is 0 Å². The Morgan fingerprint density at radius 2 is 1.22 bits per heavy atom. The summed E-state index contributed by atoms with van der Waals surface area (Å²) in [5, 5.41) is 0. The van der Waals surface area contributed by atoms with Gasteiger partial charge in [-0.05, 0) is 64.3 Å².